The molecule has 0 aliphatic rings. The van der Waals surface area contributed by atoms with Crippen LogP contribution in [0.1, 0.15) is 168 Å². The normalized spacial score (nSPS) is 10.6. The number of pyridine rings is 1. The Morgan fingerprint density at radius 3 is 1.00 bits per heavy atom. The minimum atomic E-state index is -0.169. The number of nitrogens with zero attached hydrogens (tertiary/aromatic N) is 1. The molecule has 1 rings (SSSR count). The quantitative estimate of drug-likeness (QED) is 0.0789. The lowest BCUT2D eigenvalue weighted by molar-refractivity contribution is -0.152. The van der Waals surface area contributed by atoms with Gasteiger partial charge in [0.15, 0.2) is 0 Å². The second kappa shape index (κ2) is 33.3. The van der Waals surface area contributed by atoms with Gasteiger partial charge in [-0.15, -0.1) is 0 Å². The number of rotatable bonds is 27. The number of ether oxygens (including phenoxy) is 2. The van der Waals surface area contributed by atoms with Crippen molar-refractivity contribution >= 4 is 11.9 Å². The number of esters is 2. The molecule has 0 amide bonds. The van der Waals surface area contributed by atoms with Gasteiger partial charge in [0.25, 0.3) is 0 Å². The fraction of sp³-hybridized carbons (Fsp3) is 0.800. The van der Waals surface area contributed by atoms with Crippen molar-refractivity contribution in [1.29, 1.82) is 0 Å². The van der Waals surface area contributed by atoms with Crippen molar-refractivity contribution in [3.8, 4) is 0 Å². The molecule has 1 aromatic heterocycles. The van der Waals surface area contributed by atoms with E-state index in [2.05, 4.69) is 18.8 Å². The molecule has 0 aliphatic heterocycles. The number of carbonyl (C=O) groups excluding carboxylic acids is 2. The highest BCUT2D eigenvalue weighted by molar-refractivity contribution is 5.70. The molecule has 0 aromatic carbocycles. The van der Waals surface area contributed by atoms with Crippen LogP contribution in [0.25, 0.3) is 0 Å². The van der Waals surface area contributed by atoms with E-state index in [1.807, 2.05) is 18.2 Å². The van der Waals surface area contributed by atoms with Crippen molar-refractivity contribution in [2.45, 2.75) is 168 Å². The molecule has 1 heterocycles. The van der Waals surface area contributed by atoms with Gasteiger partial charge in [0.2, 0.25) is 0 Å². The molecule has 0 N–H and O–H groups in total. The highest BCUT2D eigenvalue weighted by atomic mass is 16.6. The van der Waals surface area contributed by atoms with E-state index < -0.39 is 0 Å². The molecule has 0 saturated heterocycles. The Morgan fingerprint density at radius 1 is 0.450 bits per heavy atom. The largest absolute Gasteiger partial charge is 0.462 e. The van der Waals surface area contributed by atoms with E-state index in [0.717, 1.165) is 25.7 Å². The summed E-state index contributed by atoms with van der Waals surface area (Å²) in [7, 11) is 0. The Morgan fingerprint density at radius 2 is 0.750 bits per heavy atom. The molecule has 5 nitrogen and oxygen atoms in total. The molecule has 0 radical (unpaired) electrons. The predicted molar refractivity (Wildman–Crippen MR) is 168 cm³/mol. The summed E-state index contributed by atoms with van der Waals surface area (Å²) in [6, 6.07) is 5.72. The topological polar surface area (TPSA) is 65.5 Å². The minimum Gasteiger partial charge on any atom is -0.462 e. The van der Waals surface area contributed by atoms with Crippen molar-refractivity contribution in [2.75, 3.05) is 13.2 Å². The van der Waals surface area contributed by atoms with Crippen molar-refractivity contribution in [3.63, 3.8) is 0 Å². The first-order valence-corrected chi connectivity index (χ1v) is 16.9. The Hall–Kier alpha value is -1.91. The summed E-state index contributed by atoms with van der Waals surface area (Å²) in [6.45, 7) is 4.87. The van der Waals surface area contributed by atoms with Crippen LogP contribution in [0.5, 0.6) is 0 Å². The number of hydrogen-bond donors (Lipinski definition) is 0. The van der Waals surface area contributed by atoms with Crippen LogP contribution >= 0.6 is 0 Å². The average Bonchev–Trinajstić information content (AvgIpc) is 2.98. The van der Waals surface area contributed by atoms with Crippen LogP contribution < -0.4 is 0 Å². The first kappa shape index (κ1) is 38.1. The fourth-order valence-electron chi connectivity index (χ4n) is 4.64. The van der Waals surface area contributed by atoms with Gasteiger partial charge in [-0.25, -0.2) is 0 Å². The molecular formula is C35H63NO4. The van der Waals surface area contributed by atoms with Crippen molar-refractivity contribution in [1.82, 2.24) is 4.98 Å². The Kier molecular flexibility index (Phi) is 31.7. The lowest BCUT2D eigenvalue weighted by Gasteiger charge is -2.07. The summed E-state index contributed by atoms with van der Waals surface area (Å²) < 4.78 is 10.4. The number of hydrogen-bond acceptors (Lipinski definition) is 5. The van der Waals surface area contributed by atoms with Crippen LogP contribution in [-0.2, 0) is 19.1 Å². The second-order valence-electron chi connectivity index (χ2n) is 11.0. The molecule has 0 bridgehead atoms. The second-order valence-corrected chi connectivity index (χ2v) is 11.0. The summed E-state index contributed by atoms with van der Waals surface area (Å²) in [5.74, 6) is -0.338. The smallest absolute Gasteiger partial charge is 0.305 e. The van der Waals surface area contributed by atoms with Crippen LogP contribution in [0.2, 0.25) is 0 Å². The number of carbonyl (C=O) groups is 2. The molecule has 0 saturated carbocycles. The maximum atomic E-state index is 11.8. The minimum absolute atomic E-state index is 0.169. The van der Waals surface area contributed by atoms with Crippen LogP contribution in [0, 0.1) is 0 Å². The van der Waals surface area contributed by atoms with E-state index in [-0.39, 0.29) is 25.2 Å². The Balaban J connectivity index is 0.00000221. The Bertz CT molecular complexity index is 571. The third-order valence-electron chi connectivity index (χ3n) is 7.14. The molecular weight excluding hydrogens is 498 g/mol. The van der Waals surface area contributed by atoms with Crippen LogP contribution in [-0.4, -0.2) is 30.1 Å². The molecule has 0 spiro atoms. The zero-order valence-corrected chi connectivity index (χ0v) is 26.4. The van der Waals surface area contributed by atoms with Gasteiger partial charge < -0.3 is 9.47 Å². The van der Waals surface area contributed by atoms with Gasteiger partial charge in [-0.05, 0) is 25.0 Å². The summed E-state index contributed by atoms with van der Waals surface area (Å²) in [5, 5.41) is 0. The first-order chi connectivity index (χ1) is 19.7. The lowest BCUT2D eigenvalue weighted by atomic mass is 10.1. The maximum Gasteiger partial charge on any atom is 0.305 e. The first-order valence-electron chi connectivity index (χ1n) is 16.9. The van der Waals surface area contributed by atoms with E-state index in [4.69, 9.17) is 9.47 Å². The van der Waals surface area contributed by atoms with E-state index >= 15 is 0 Å². The number of aromatic nitrogens is 1. The average molecular weight is 562 g/mol. The van der Waals surface area contributed by atoms with Gasteiger partial charge in [-0.2, -0.15) is 0 Å². The summed E-state index contributed by atoms with van der Waals surface area (Å²) in [5.41, 5.74) is 0. The fourth-order valence-corrected chi connectivity index (χ4v) is 4.64. The van der Waals surface area contributed by atoms with E-state index in [9.17, 15) is 9.59 Å². The SMILES string of the molecule is CCCCCCCCCCCCCC(=O)OCCOC(=O)CCCCCCCCCCCCC.c1ccncc1. The van der Waals surface area contributed by atoms with Gasteiger partial charge in [0.1, 0.15) is 13.2 Å². The Labute approximate surface area is 247 Å². The van der Waals surface area contributed by atoms with E-state index in [1.165, 1.54) is 116 Å². The van der Waals surface area contributed by atoms with Crippen LogP contribution in [0.4, 0.5) is 0 Å². The summed E-state index contributed by atoms with van der Waals surface area (Å²) in [6.07, 6.45) is 32.4. The molecule has 232 valence electrons. The molecule has 1 aromatic rings. The van der Waals surface area contributed by atoms with Gasteiger partial charge in [-0.3, -0.25) is 14.6 Å². The number of unbranched alkanes of at least 4 members (excludes halogenated alkanes) is 20. The molecule has 5 heteroatoms. The monoisotopic (exact) mass is 561 g/mol. The summed E-state index contributed by atoms with van der Waals surface area (Å²) >= 11 is 0. The third-order valence-corrected chi connectivity index (χ3v) is 7.14. The zero-order valence-electron chi connectivity index (χ0n) is 26.4. The van der Waals surface area contributed by atoms with E-state index in [1.54, 1.807) is 12.4 Å². The lowest BCUT2D eigenvalue weighted by Crippen LogP contribution is -2.13. The predicted octanol–water partition coefficient (Wildman–Crippen LogP) is 10.6. The van der Waals surface area contributed by atoms with Gasteiger partial charge in [0, 0.05) is 25.2 Å². The van der Waals surface area contributed by atoms with Crippen molar-refractivity contribution < 1.29 is 19.1 Å². The van der Waals surface area contributed by atoms with Gasteiger partial charge >= 0.3 is 11.9 Å². The zero-order chi connectivity index (χ0) is 29.2. The summed E-state index contributed by atoms with van der Waals surface area (Å²) in [4.78, 5) is 27.3. The highest BCUT2D eigenvalue weighted by Gasteiger charge is 2.06. The van der Waals surface area contributed by atoms with Gasteiger partial charge in [0.05, 0.1) is 0 Å². The molecule has 0 atom stereocenters. The van der Waals surface area contributed by atoms with Crippen LogP contribution in [0.15, 0.2) is 30.6 Å². The molecule has 0 fully saturated rings. The van der Waals surface area contributed by atoms with E-state index in [0.29, 0.717) is 12.8 Å². The molecule has 0 unspecified atom stereocenters. The van der Waals surface area contributed by atoms with Crippen molar-refractivity contribution in [2.24, 2.45) is 0 Å². The standard InChI is InChI=1S/C30H58O4.C5H5N/c1-3-5-7-9-11-13-15-17-19-21-23-25-29(31)33-27-28-34-30(32)26-24-22-20-18-16-14-12-10-8-6-4-2;1-2-4-6-5-3-1/h3-28H2,1-2H3;1-5H. The molecule has 0 aliphatic carbocycles. The van der Waals surface area contributed by atoms with Gasteiger partial charge in [-0.1, -0.05) is 148 Å². The van der Waals surface area contributed by atoms with Crippen LogP contribution in [0.3, 0.4) is 0 Å². The highest BCUT2D eigenvalue weighted by Crippen LogP contribution is 2.13. The third kappa shape index (κ3) is 32.3. The maximum absolute atomic E-state index is 11.8. The molecule has 40 heavy (non-hydrogen) atoms. The van der Waals surface area contributed by atoms with Crippen molar-refractivity contribution in [3.05, 3.63) is 30.6 Å².